The Morgan fingerprint density at radius 1 is 0.200 bits per heavy atom. The summed E-state index contributed by atoms with van der Waals surface area (Å²) >= 11 is 0. The van der Waals surface area contributed by atoms with Crippen LogP contribution in [-0.4, -0.2) is 179 Å². The van der Waals surface area contributed by atoms with E-state index in [1.54, 1.807) is 0 Å². The first kappa shape index (κ1) is 114. The molecule has 0 saturated carbocycles. The van der Waals surface area contributed by atoms with Gasteiger partial charge in [-0.05, 0) is 0 Å². The maximum absolute atomic E-state index is 8.25. The van der Waals surface area contributed by atoms with E-state index < -0.39 is 20.3 Å². The van der Waals surface area contributed by atoms with Crippen molar-refractivity contribution in [2.45, 2.75) is 0 Å². The standard InChI is InChI=1S/2C12H24O6.2Fe.4NO3.10H2O.O/c2*1-2-14-5-6-16-9-10-18-12-11-17-8-7-15-4-3-13-1;;;4*2-1(3)4;;;;;;;;;;;/h2*1-12H2;;;;;;;10*1H2;/q;;2*+3;4*-1;;;;;;;;;;;-2/p+10. The minimum atomic E-state index is -1.75. The molecule has 65 heavy (non-hydrogen) atoms. The largest absolute Gasteiger partial charge is 3.00 e. The molecule has 2 aliphatic rings. The Labute approximate surface area is 391 Å². The van der Waals surface area contributed by atoms with Crippen molar-refractivity contribution in [3.05, 3.63) is 61.3 Å². The summed E-state index contributed by atoms with van der Waals surface area (Å²) in [5, 5.41) is 59.0. The third-order valence-electron chi connectivity index (χ3n) is 4.46. The van der Waals surface area contributed by atoms with Crippen LogP contribution >= 0.6 is 0 Å². The fourth-order valence-corrected chi connectivity index (χ4v) is 2.64. The van der Waals surface area contributed by atoms with Crippen LogP contribution in [0.15, 0.2) is 0 Å². The summed E-state index contributed by atoms with van der Waals surface area (Å²) in [6.45, 7) is 14.1. The van der Waals surface area contributed by atoms with Gasteiger partial charge in [0, 0.05) is 0 Å². The summed E-state index contributed by atoms with van der Waals surface area (Å²) in [6.07, 6.45) is 0. The first-order valence-electron chi connectivity index (χ1n) is 15.1. The zero-order valence-electron chi connectivity index (χ0n) is 35.4. The number of nitrogens with zero attached hydrogens (tertiary/aromatic N) is 4. The molecule has 0 aromatic carbocycles. The van der Waals surface area contributed by atoms with E-state index in [-0.39, 0.29) is 94.4 Å². The number of ether oxygens (including phenoxy) is 12. The zero-order chi connectivity index (χ0) is 39.8. The average molecular weight is 1090 g/mol. The van der Waals surface area contributed by atoms with E-state index in [0.717, 1.165) is 0 Å². The summed E-state index contributed by atoms with van der Waals surface area (Å²) in [5.41, 5.74) is 0. The molecular weight excluding hydrogens is 1020 g/mol. The van der Waals surface area contributed by atoms with Gasteiger partial charge in [-0.1, -0.05) is 0 Å². The molecular formula is C24H78Fe2N4O35+10. The molecule has 41 heteroatoms. The second-order valence-corrected chi connectivity index (χ2v) is 8.24. The van der Waals surface area contributed by atoms with Crippen molar-refractivity contribution in [3.63, 3.8) is 0 Å². The van der Waals surface area contributed by atoms with Crippen molar-refractivity contribution < 1.29 is 172 Å². The van der Waals surface area contributed by atoms with E-state index in [9.17, 15) is 0 Å². The van der Waals surface area contributed by atoms with Gasteiger partial charge in [-0.2, -0.15) is 0 Å². The third kappa shape index (κ3) is 195. The molecule has 2 rings (SSSR count). The van der Waals surface area contributed by atoms with Crippen LogP contribution in [0.5, 0.6) is 0 Å². The van der Waals surface area contributed by atoms with E-state index in [4.69, 9.17) is 118 Å². The van der Waals surface area contributed by atoms with Crippen LogP contribution in [-0.2, 0) is 151 Å². The topological polar surface area (TPSA) is 734 Å². The van der Waals surface area contributed by atoms with Gasteiger partial charge in [0.25, 0.3) is 0 Å². The fourth-order valence-electron chi connectivity index (χ4n) is 2.64. The monoisotopic (exact) mass is 1090 g/mol. The summed E-state index contributed by atoms with van der Waals surface area (Å²) in [4.78, 5) is 33.0. The van der Waals surface area contributed by atoms with Crippen molar-refractivity contribution in [1.82, 2.24) is 0 Å². The van der Waals surface area contributed by atoms with Crippen LogP contribution in [0.2, 0.25) is 0 Å². The normalized spacial score (nSPS) is 14.8. The van der Waals surface area contributed by atoms with Crippen LogP contribution < -0.4 is 0 Å². The first-order valence-corrected chi connectivity index (χ1v) is 15.1. The number of rotatable bonds is 0. The van der Waals surface area contributed by atoms with Gasteiger partial charge in [-0.3, -0.25) is 0 Å². The molecule has 2 saturated heterocycles. The first-order chi connectivity index (χ1) is 24.9. The van der Waals surface area contributed by atoms with Crippen LogP contribution in [0.4, 0.5) is 0 Å². The van der Waals surface area contributed by atoms with Gasteiger partial charge in [-0.25, -0.2) is 0 Å². The van der Waals surface area contributed by atoms with Crippen molar-refractivity contribution in [2.24, 2.45) is 0 Å². The van der Waals surface area contributed by atoms with E-state index in [1.807, 2.05) is 0 Å². The second-order valence-electron chi connectivity index (χ2n) is 8.24. The van der Waals surface area contributed by atoms with E-state index in [1.165, 1.54) is 0 Å². The molecule has 0 amide bonds. The zero-order valence-corrected chi connectivity index (χ0v) is 37.7. The van der Waals surface area contributed by atoms with Crippen molar-refractivity contribution >= 4 is 0 Å². The van der Waals surface area contributed by atoms with Crippen LogP contribution in [0, 0.1) is 61.3 Å². The van der Waals surface area contributed by atoms with E-state index >= 15 is 0 Å². The predicted molar refractivity (Wildman–Crippen MR) is 221 cm³/mol. The molecule has 0 spiro atoms. The molecule has 0 aromatic rings. The smallest absolute Gasteiger partial charge is 2.00 e. The molecule has 2 heterocycles. The Bertz CT molecular complexity index is 535. The molecule has 410 valence electrons. The summed E-state index contributed by atoms with van der Waals surface area (Å²) in [7, 11) is 0. The Kier molecular flexibility index (Phi) is 190. The van der Waals surface area contributed by atoms with Gasteiger partial charge in [0.2, 0.25) is 0 Å². The minimum absolute atomic E-state index is 0. The molecule has 2 fully saturated rings. The third-order valence-corrected chi connectivity index (χ3v) is 4.46. The molecule has 2 radical (unpaired) electrons. The van der Waals surface area contributed by atoms with Crippen LogP contribution in [0.25, 0.3) is 0 Å². The van der Waals surface area contributed by atoms with Gasteiger partial charge < -0.3 is 178 Å². The summed E-state index contributed by atoms with van der Waals surface area (Å²) in [6, 6.07) is 0. The minimum Gasteiger partial charge on any atom is -2.00 e. The maximum atomic E-state index is 8.25. The average Bonchev–Trinajstić information content (AvgIpc) is 3.04. The van der Waals surface area contributed by atoms with Crippen molar-refractivity contribution in [3.8, 4) is 0 Å². The number of hydrogen-bond acceptors (Lipinski definition) is 24. The number of hydrogen-bond donors (Lipinski definition) is 0. The predicted octanol–water partition coefficient (Wildman–Crippen LogP) is -10.1. The van der Waals surface area contributed by atoms with Gasteiger partial charge in [0.05, 0.1) is 179 Å². The summed E-state index contributed by atoms with van der Waals surface area (Å²) in [5.74, 6) is 0. The Morgan fingerprint density at radius 3 is 0.262 bits per heavy atom. The van der Waals surface area contributed by atoms with Gasteiger partial charge >= 0.3 is 34.1 Å². The summed E-state index contributed by atoms with van der Waals surface area (Å²) < 4.78 is 63.9. The van der Waals surface area contributed by atoms with E-state index in [2.05, 4.69) is 0 Å². The Hall–Kier alpha value is -3.08. The molecule has 30 N–H and O–H groups in total. The van der Waals surface area contributed by atoms with Gasteiger partial charge in [0.1, 0.15) is 0 Å². The van der Waals surface area contributed by atoms with Gasteiger partial charge in [0.15, 0.2) is 0 Å². The van der Waals surface area contributed by atoms with Gasteiger partial charge in [-0.15, -0.1) is 0 Å². The Morgan fingerprint density at radius 2 is 0.231 bits per heavy atom. The van der Waals surface area contributed by atoms with Crippen molar-refractivity contribution in [2.75, 3.05) is 159 Å². The molecule has 0 unspecified atom stereocenters. The molecule has 0 aliphatic carbocycles. The van der Waals surface area contributed by atoms with Crippen LogP contribution in [0.3, 0.4) is 0 Å². The molecule has 0 atom stereocenters. The maximum Gasteiger partial charge on any atom is 3.00 e. The molecule has 0 bridgehead atoms. The Balaban J connectivity index is -0.0000000308. The van der Waals surface area contributed by atoms with Crippen LogP contribution in [0.1, 0.15) is 0 Å². The SMILES string of the molecule is C1COCCOCCOCCOCCOCCO1.C1COCCOCCOCCOCCOCCO1.O=[N+]([O-])[O-].O=[N+]([O-])[O-].O=[N+]([O-])[O-].O=[N+]([O-])[O-].[Fe+3].[Fe+3].[O-2].[OH3+].[OH3+].[OH3+].[OH3+].[OH3+].[OH3+].[OH3+].[OH3+].[OH3+].[OH3+]. The fraction of sp³-hybridized carbons (Fsp3) is 1.00. The quantitative estimate of drug-likeness (QED) is 0.0940. The molecule has 0 aromatic heterocycles. The van der Waals surface area contributed by atoms with Crippen molar-refractivity contribution in [1.29, 1.82) is 0 Å². The molecule has 2 aliphatic heterocycles. The molecule has 39 nitrogen and oxygen atoms in total. The second kappa shape index (κ2) is 108. The van der Waals surface area contributed by atoms with E-state index in [0.29, 0.717) is 159 Å².